The molecule has 0 amide bonds. The van der Waals surface area contributed by atoms with Crippen molar-refractivity contribution in [3.05, 3.63) is 52.5 Å². The third-order valence-electron chi connectivity index (χ3n) is 4.23. The van der Waals surface area contributed by atoms with Crippen molar-refractivity contribution in [2.75, 3.05) is 7.11 Å². The van der Waals surface area contributed by atoms with Crippen LogP contribution >= 0.6 is 0 Å². The van der Waals surface area contributed by atoms with E-state index in [2.05, 4.69) is 15.8 Å². The highest BCUT2D eigenvalue weighted by molar-refractivity contribution is 6.13. The summed E-state index contributed by atoms with van der Waals surface area (Å²) < 4.78 is 41.2. The van der Waals surface area contributed by atoms with E-state index in [0.29, 0.717) is 16.8 Å². The normalized spacial score (nSPS) is 14.8. The van der Waals surface area contributed by atoms with E-state index in [-0.39, 0.29) is 23.1 Å². The molecule has 0 fully saturated rings. The molecule has 2 heterocycles. The van der Waals surface area contributed by atoms with Gasteiger partial charge in [-0.3, -0.25) is 0 Å². The molecule has 0 spiro atoms. The number of aliphatic imine (C=N–C) groups is 1. The van der Waals surface area contributed by atoms with Crippen molar-refractivity contribution in [3.8, 4) is 17.6 Å². The number of carbonyl (C=O) groups excluding carboxylic acids is 1. The molecule has 1 aromatic heterocycles. The molecule has 0 saturated heterocycles. The van der Waals surface area contributed by atoms with Crippen LogP contribution in [0.1, 0.15) is 22.5 Å². The molecule has 1 aromatic carbocycles. The maximum absolute atomic E-state index is 12.4. The van der Waals surface area contributed by atoms with E-state index < -0.39 is 12.6 Å². The predicted octanol–water partition coefficient (Wildman–Crippen LogP) is 3.16. The fourth-order valence-electron chi connectivity index (χ4n) is 2.65. The summed E-state index contributed by atoms with van der Waals surface area (Å²) in [5.41, 5.74) is 2.31. The number of nitrogens with zero attached hydrogens (tertiary/aromatic N) is 3. The Morgan fingerprint density at radius 1 is 1.32 bits per heavy atom. The molecule has 7 nitrogen and oxygen atoms in total. The molecule has 0 radical (unpaired) electrons. The maximum atomic E-state index is 12.4. The molecule has 0 atom stereocenters. The van der Waals surface area contributed by atoms with Gasteiger partial charge in [0.2, 0.25) is 5.90 Å². The Hall–Kier alpha value is -3.67. The van der Waals surface area contributed by atoms with Gasteiger partial charge in [-0.25, -0.2) is 9.79 Å². The molecular weight excluding hydrogens is 372 g/mol. The lowest BCUT2D eigenvalue weighted by Gasteiger charge is -2.10. The molecule has 1 aliphatic heterocycles. The molecule has 28 heavy (non-hydrogen) atoms. The zero-order valence-corrected chi connectivity index (χ0v) is 15.2. The molecule has 0 N–H and O–H groups in total. The fourth-order valence-corrected chi connectivity index (χ4v) is 2.65. The van der Waals surface area contributed by atoms with Gasteiger partial charge < -0.3 is 18.8 Å². The first kappa shape index (κ1) is 19.1. The van der Waals surface area contributed by atoms with Gasteiger partial charge in [0.05, 0.1) is 7.11 Å². The van der Waals surface area contributed by atoms with Gasteiger partial charge >= 0.3 is 12.6 Å². The lowest BCUT2D eigenvalue weighted by molar-refractivity contribution is -0.129. The van der Waals surface area contributed by atoms with Crippen molar-refractivity contribution in [2.24, 2.45) is 12.0 Å². The maximum Gasteiger partial charge on any atom is 0.387 e. The Balaban J connectivity index is 1.95. The third-order valence-corrected chi connectivity index (χ3v) is 4.23. The van der Waals surface area contributed by atoms with E-state index in [1.807, 2.05) is 6.92 Å². The molecule has 0 saturated carbocycles. The SMILES string of the molecule is COc1cc(C2=N/C(=C/c3cc(C#N)n(C)c3C)C(=O)O2)ccc1OC(F)F. The monoisotopic (exact) mass is 387 g/mol. The van der Waals surface area contributed by atoms with Crippen LogP contribution in [0.3, 0.4) is 0 Å². The summed E-state index contributed by atoms with van der Waals surface area (Å²) in [6, 6.07) is 7.79. The first-order chi connectivity index (χ1) is 13.3. The topological polar surface area (TPSA) is 85.8 Å². The Bertz CT molecular complexity index is 1050. The number of carbonyl (C=O) groups is 1. The van der Waals surface area contributed by atoms with Crippen molar-refractivity contribution < 1.29 is 27.8 Å². The Morgan fingerprint density at radius 3 is 2.68 bits per heavy atom. The van der Waals surface area contributed by atoms with E-state index >= 15 is 0 Å². The third kappa shape index (κ3) is 3.57. The average molecular weight is 387 g/mol. The van der Waals surface area contributed by atoms with Gasteiger partial charge in [0, 0.05) is 18.3 Å². The summed E-state index contributed by atoms with van der Waals surface area (Å²) in [6.45, 7) is -1.19. The summed E-state index contributed by atoms with van der Waals surface area (Å²) in [5.74, 6) is -0.756. The minimum atomic E-state index is -3.00. The van der Waals surface area contributed by atoms with Crippen LogP contribution < -0.4 is 9.47 Å². The molecule has 9 heteroatoms. The molecule has 144 valence electrons. The molecule has 0 bridgehead atoms. The summed E-state index contributed by atoms with van der Waals surface area (Å²) in [5, 5.41) is 9.11. The largest absolute Gasteiger partial charge is 0.493 e. The quantitative estimate of drug-likeness (QED) is 0.581. The Morgan fingerprint density at radius 2 is 2.07 bits per heavy atom. The van der Waals surface area contributed by atoms with Crippen molar-refractivity contribution in [1.82, 2.24) is 4.57 Å². The second kappa shape index (κ2) is 7.52. The Kier molecular flexibility index (Phi) is 5.13. The standard InChI is InChI=1S/C19H15F2N3O4/c1-10-12(6-13(9-22)24(10)2)7-14-18(25)28-17(23-14)11-4-5-15(27-19(20)21)16(8-11)26-3/h4-8,19H,1-3H3/b14-7+. The first-order valence-electron chi connectivity index (χ1n) is 8.06. The highest BCUT2D eigenvalue weighted by Crippen LogP contribution is 2.31. The van der Waals surface area contributed by atoms with Crippen LogP contribution in [0.2, 0.25) is 0 Å². The predicted molar refractivity (Wildman–Crippen MR) is 95.1 cm³/mol. The number of methoxy groups -OCH3 is 1. The fraction of sp³-hybridized carbons (Fsp3) is 0.211. The molecule has 0 unspecified atom stereocenters. The number of alkyl halides is 2. The van der Waals surface area contributed by atoms with Crippen LogP contribution in [0.4, 0.5) is 8.78 Å². The smallest absolute Gasteiger partial charge is 0.387 e. The lowest BCUT2D eigenvalue weighted by Crippen LogP contribution is -2.07. The number of hydrogen-bond donors (Lipinski definition) is 0. The number of hydrogen-bond acceptors (Lipinski definition) is 6. The average Bonchev–Trinajstić information content (AvgIpc) is 3.16. The second-order valence-electron chi connectivity index (χ2n) is 5.82. The van der Waals surface area contributed by atoms with Crippen LogP contribution in [0.5, 0.6) is 11.5 Å². The number of aromatic nitrogens is 1. The summed E-state index contributed by atoms with van der Waals surface area (Å²) in [6.07, 6.45) is 1.52. The first-order valence-corrected chi connectivity index (χ1v) is 8.06. The zero-order chi connectivity index (χ0) is 20.4. The molecule has 0 aliphatic carbocycles. The molecular formula is C19H15F2N3O4. The van der Waals surface area contributed by atoms with Crippen LogP contribution in [-0.4, -0.2) is 30.2 Å². The molecule has 1 aliphatic rings. The number of rotatable bonds is 5. The van der Waals surface area contributed by atoms with Gasteiger partial charge in [0.25, 0.3) is 0 Å². The van der Waals surface area contributed by atoms with Crippen LogP contribution in [0.25, 0.3) is 6.08 Å². The second-order valence-corrected chi connectivity index (χ2v) is 5.82. The van der Waals surface area contributed by atoms with Crippen LogP contribution in [0, 0.1) is 18.3 Å². The van der Waals surface area contributed by atoms with Crippen molar-refractivity contribution >= 4 is 17.9 Å². The van der Waals surface area contributed by atoms with Crippen LogP contribution in [-0.2, 0) is 16.6 Å². The number of halogens is 2. The van der Waals surface area contributed by atoms with E-state index in [1.165, 1.54) is 31.4 Å². The number of benzene rings is 1. The Labute approximate surface area is 159 Å². The van der Waals surface area contributed by atoms with Gasteiger partial charge in [-0.05, 0) is 42.8 Å². The minimum absolute atomic E-state index is 0.00670. The number of esters is 1. The minimum Gasteiger partial charge on any atom is -0.493 e. The van der Waals surface area contributed by atoms with E-state index in [1.54, 1.807) is 17.7 Å². The highest BCUT2D eigenvalue weighted by Gasteiger charge is 2.26. The zero-order valence-electron chi connectivity index (χ0n) is 15.2. The molecule has 3 rings (SSSR count). The van der Waals surface area contributed by atoms with Gasteiger partial charge in [-0.2, -0.15) is 14.0 Å². The number of nitriles is 1. The van der Waals surface area contributed by atoms with Crippen molar-refractivity contribution in [2.45, 2.75) is 13.5 Å². The number of ether oxygens (including phenoxy) is 3. The van der Waals surface area contributed by atoms with Gasteiger partial charge in [-0.15, -0.1) is 0 Å². The summed E-state index contributed by atoms with van der Waals surface area (Å²) in [4.78, 5) is 16.3. The lowest BCUT2D eigenvalue weighted by atomic mass is 10.2. The number of cyclic esters (lactones) is 1. The van der Waals surface area contributed by atoms with Crippen molar-refractivity contribution in [1.29, 1.82) is 5.26 Å². The van der Waals surface area contributed by atoms with Gasteiger partial charge in [0.1, 0.15) is 11.8 Å². The van der Waals surface area contributed by atoms with E-state index in [9.17, 15) is 13.6 Å². The summed E-state index contributed by atoms with van der Waals surface area (Å²) in [7, 11) is 3.04. The highest BCUT2D eigenvalue weighted by atomic mass is 19.3. The van der Waals surface area contributed by atoms with Gasteiger partial charge in [0.15, 0.2) is 17.2 Å². The van der Waals surface area contributed by atoms with Gasteiger partial charge in [-0.1, -0.05) is 0 Å². The van der Waals surface area contributed by atoms with Crippen molar-refractivity contribution in [3.63, 3.8) is 0 Å². The van der Waals surface area contributed by atoms with E-state index in [0.717, 1.165) is 5.69 Å². The van der Waals surface area contributed by atoms with Crippen LogP contribution in [0.15, 0.2) is 35.0 Å². The van der Waals surface area contributed by atoms with E-state index in [4.69, 9.17) is 14.7 Å². The summed E-state index contributed by atoms with van der Waals surface area (Å²) >= 11 is 0. The molecule has 2 aromatic rings.